The summed E-state index contributed by atoms with van der Waals surface area (Å²) < 4.78 is 1.64. The van der Waals surface area contributed by atoms with Crippen LogP contribution in [-0.4, -0.2) is 46.0 Å². The van der Waals surface area contributed by atoms with Gasteiger partial charge < -0.3 is 15.5 Å². The van der Waals surface area contributed by atoms with E-state index in [1.54, 1.807) is 24.3 Å². The molecular formula is C21H23ClN6O3S. The number of anilines is 2. The van der Waals surface area contributed by atoms with Gasteiger partial charge >= 0.3 is 0 Å². The van der Waals surface area contributed by atoms with Crippen molar-refractivity contribution in [1.82, 2.24) is 19.9 Å². The van der Waals surface area contributed by atoms with Crippen molar-refractivity contribution < 1.29 is 9.59 Å². The van der Waals surface area contributed by atoms with E-state index in [4.69, 9.17) is 11.6 Å². The molecule has 0 bridgehead atoms. The van der Waals surface area contributed by atoms with Crippen molar-refractivity contribution in [2.24, 2.45) is 5.92 Å². The fraction of sp³-hybridized carbons (Fsp3) is 0.381. The molecule has 11 heteroatoms. The van der Waals surface area contributed by atoms with Crippen LogP contribution in [0.1, 0.15) is 19.8 Å². The third kappa shape index (κ3) is 4.76. The predicted octanol–water partition coefficient (Wildman–Crippen LogP) is 2.50. The van der Waals surface area contributed by atoms with Crippen LogP contribution in [-0.2, 0) is 16.1 Å². The summed E-state index contributed by atoms with van der Waals surface area (Å²) in [6.07, 6.45) is 3.03. The maximum absolute atomic E-state index is 12.9. The summed E-state index contributed by atoms with van der Waals surface area (Å²) in [4.78, 5) is 48.4. The molecule has 0 radical (unpaired) electrons. The Kier molecular flexibility index (Phi) is 6.71. The number of piperidine rings is 1. The standard InChI is InChI=1S/C21H23ClN6O3S/c1-2-23-19(30)13-6-5-9-27(10-13)21-26-18-17(32-21)20(31)28(12-24-18)11-16(29)25-15-8-4-3-7-14(15)22/h3-4,7-8,12-13H,2,5-6,9-11H2,1H3,(H,23,30)(H,25,29). The Morgan fingerprint density at radius 3 is 2.91 bits per heavy atom. The minimum Gasteiger partial charge on any atom is -0.356 e. The molecule has 32 heavy (non-hydrogen) atoms. The lowest BCUT2D eigenvalue weighted by atomic mass is 9.97. The van der Waals surface area contributed by atoms with Gasteiger partial charge in [-0.05, 0) is 31.9 Å². The molecule has 1 aliphatic rings. The van der Waals surface area contributed by atoms with Crippen LogP contribution in [0.3, 0.4) is 0 Å². The number of hydrogen-bond acceptors (Lipinski definition) is 7. The first-order valence-electron chi connectivity index (χ1n) is 10.4. The van der Waals surface area contributed by atoms with Crippen molar-refractivity contribution in [3.8, 4) is 0 Å². The number of aromatic nitrogens is 3. The second-order valence-corrected chi connectivity index (χ2v) is 8.92. The molecule has 2 N–H and O–H groups in total. The number of thiazole rings is 1. The van der Waals surface area contributed by atoms with Crippen LogP contribution in [0.5, 0.6) is 0 Å². The number of nitrogens with one attached hydrogen (secondary N) is 2. The number of benzene rings is 1. The average molecular weight is 475 g/mol. The van der Waals surface area contributed by atoms with E-state index in [0.29, 0.717) is 39.3 Å². The largest absolute Gasteiger partial charge is 0.356 e. The summed E-state index contributed by atoms with van der Waals surface area (Å²) in [5.41, 5.74) is 0.497. The molecule has 1 unspecified atom stereocenters. The van der Waals surface area contributed by atoms with Gasteiger partial charge in [-0.3, -0.25) is 19.0 Å². The predicted molar refractivity (Wildman–Crippen MR) is 125 cm³/mol. The van der Waals surface area contributed by atoms with Gasteiger partial charge in [0.1, 0.15) is 17.6 Å². The Labute approximate surface area is 193 Å². The van der Waals surface area contributed by atoms with Gasteiger partial charge in [0.2, 0.25) is 11.8 Å². The van der Waals surface area contributed by atoms with E-state index < -0.39 is 0 Å². The van der Waals surface area contributed by atoms with Gasteiger partial charge in [-0.25, -0.2) is 4.98 Å². The number of halogens is 1. The van der Waals surface area contributed by atoms with Crippen LogP contribution in [0.4, 0.5) is 10.8 Å². The average Bonchev–Trinajstić information content (AvgIpc) is 3.23. The van der Waals surface area contributed by atoms with E-state index in [2.05, 4.69) is 20.6 Å². The molecule has 3 aromatic rings. The second-order valence-electron chi connectivity index (χ2n) is 7.53. The zero-order valence-electron chi connectivity index (χ0n) is 17.5. The van der Waals surface area contributed by atoms with Gasteiger partial charge in [0, 0.05) is 19.6 Å². The van der Waals surface area contributed by atoms with Crippen LogP contribution in [0.15, 0.2) is 35.4 Å². The summed E-state index contributed by atoms with van der Waals surface area (Å²) in [5, 5.41) is 6.66. The number of hydrogen-bond donors (Lipinski definition) is 2. The van der Waals surface area contributed by atoms with Crippen molar-refractivity contribution in [2.75, 3.05) is 29.9 Å². The number of nitrogens with zero attached hydrogens (tertiary/aromatic N) is 4. The van der Waals surface area contributed by atoms with Crippen molar-refractivity contribution in [3.63, 3.8) is 0 Å². The normalized spacial score (nSPS) is 16.2. The molecule has 1 aliphatic heterocycles. The number of para-hydroxylation sites is 1. The van der Waals surface area contributed by atoms with E-state index in [-0.39, 0.29) is 29.8 Å². The van der Waals surface area contributed by atoms with Gasteiger partial charge in [0.05, 0.1) is 16.6 Å². The third-order valence-corrected chi connectivity index (χ3v) is 6.67. The fourth-order valence-corrected chi connectivity index (χ4v) is 4.86. The first-order chi connectivity index (χ1) is 15.5. The van der Waals surface area contributed by atoms with E-state index >= 15 is 0 Å². The van der Waals surface area contributed by atoms with Crippen molar-refractivity contribution in [2.45, 2.75) is 26.3 Å². The fourth-order valence-electron chi connectivity index (χ4n) is 3.67. The molecule has 1 atom stereocenters. The molecule has 2 amide bonds. The van der Waals surface area contributed by atoms with E-state index in [9.17, 15) is 14.4 Å². The third-order valence-electron chi connectivity index (χ3n) is 5.25. The highest BCUT2D eigenvalue weighted by Crippen LogP contribution is 2.29. The van der Waals surface area contributed by atoms with E-state index in [1.165, 1.54) is 22.2 Å². The summed E-state index contributed by atoms with van der Waals surface area (Å²) in [6, 6.07) is 6.89. The summed E-state index contributed by atoms with van der Waals surface area (Å²) in [6.45, 7) is 3.63. The van der Waals surface area contributed by atoms with Crippen LogP contribution in [0.25, 0.3) is 10.3 Å². The lowest BCUT2D eigenvalue weighted by Crippen LogP contribution is -2.43. The molecule has 3 heterocycles. The zero-order chi connectivity index (χ0) is 22.7. The maximum Gasteiger partial charge on any atom is 0.273 e. The highest BCUT2D eigenvalue weighted by atomic mass is 35.5. The molecular weight excluding hydrogens is 452 g/mol. The molecule has 4 rings (SSSR count). The zero-order valence-corrected chi connectivity index (χ0v) is 19.1. The Hall–Kier alpha value is -2.98. The molecule has 2 aromatic heterocycles. The Balaban J connectivity index is 1.51. The molecule has 9 nitrogen and oxygen atoms in total. The first-order valence-corrected chi connectivity index (χ1v) is 11.6. The number of fused-ring (bicyclic) bond motifs is 1. The van der Waals surface area contributed by atoms with Crippen molar-refractivity contribution in [1.29, 1.82) is 0 Å². The van der Waals surface area contributed by atoms with E-state index in [1.807, 2.05) is 11.8 Å². The van der Waals surface area contributed by atoms with Crippen LogP contribution >= 0.6 is 22.9 Å². The number of amides is 2. The molecule has 0 aliphatic carbocycles. The topological polar surface area (TPSA) is 109 Å². The summed E-state index contributed by atoms with van der Waals surface area (Å²) in [7, 11) is 0. The summed E-state index contributed by atoms with van der Waals surface area (Å²) in [5.74, 6) is -0.441. The molecule has 0 spiro atoms. The molecule has 0 saturated carbocycles. The van der Waals surface area contributed by atoms with Crippen molar-refractivity contribution in [3.05, 3.63) is 46.0 Å². The second kappa shape index (κ2) is 9.66. The monoisotopic (exact) mass is 474 g/mol. The molecule has 1 saturated heterocycles. The summed E-state index contributed by atoms with van der Waals surface area (Å²) >= 11 is 7.31. The van der Waals surface area contributed by atoms with Crippen LogP contribution < -0.4 is 21.1 Å². The minimum absolute atomic E-state index is 0.0447. The Morgan fingerprint density at radius 2 is 2.12 bits per heavy atom. The molecule has 168 valence electrons. The maximum atomic E-state index is 12.9. The lowest BCUT2D eigenvalue weighted by Gasteiger charge is -2.31. The lowest BCUT2D eigenvalue weighted by molar-refractivity contribution is -0.125. The Bertz CT molecular complexity index is 1210. The minimum atomic E-state index is -0.383. The van der Waals surface area contributed by atoms with Crippen molar-refractivity contribution >= 4 is 55.9 Å². The first kappa shape index (κ1) is 22.2. The molecule has 1 fully saturated rings. The van der Waals surface area contributed by atoms with Crippen LogP contribution in [0.2, 0.25) is 5.02 Å². The van der Waals surface area contributed by atoms with Crippen LogP contribution in [0, 0.1) is 5.92 Å². The van der Waals surface area contributed by atoms with Gasteiger partial charge in [-0.2, -0.15) is 4.98 Å². The number of carbonyl (C=O) groups is 2. The smallest absolute Gasteiger partial charge is 0.273 e. The van der Waals surface area contributed by atoms with Gasteiger partial charge in [-0.15, -0.1) is 0 Å². The highest BCUT2D eigenvalue weighted by molar-refractivity contribution is 7.22. The number of carbonyl (C=O) groups excluding carboxylic acids is 2. The molecule has 1 aromatic carbocycles. The highest BCUT2D eigenvalue weighted by Gasteiger charge is 2.27. The Morgan fingerprint density at radius 1 is 1.31 bits per heavy atom. The van der Waals surface area contributed by atoms with E-state index in [0.717, 1.165) is 19.4 Å². The van der Waals surface area contributed by atoms with Gasteiger partial charge in [0.25, 0.3) is 5.56 Å². The van der Waals surface area contributed by atoms with Gasteiger partial charge in [-0.1, -0.05) is 35.1 Å². The van der Waals surface area contributed by atoms with Gasteiger partial charge in [0.15, 0.2) is 10.8 Å². The quantitative estimate of drug-likeness (QED) is 0.568. The number of rotatable bonds is 6. The SMILES string of the molecule is CCNC(=O)C1CCCN(c2nc3ncn(CC(=O)Nc4ccccc4Cl)c(=O)c3s2)C1.